The van der Waals surface area contributed by atoms with Gasteiger partial charge in [0.2, 0.25) is 5.95 Å². The van der Waals surface area contributed by atoms with Crippen molar-refractivity contribution in [2.45, 2.75) is 13.5 Å². The predicted molar refractivity (Wildman–Crippen MR) is 87.5 cm³/mol. The molecule has 1 amide bonds. The number of anilines is 1. The number of imidazole rings is 1. The summed E-state index contributed by atoms with van der Waals surface area (Å²) in [7, 11) is 3.75. The summed E-state index contributed by atoms with van der Waals surface area (Å²) in [4.78, 5) is 27.3. The fourth-order valence-electron chi connectivity index (χ4n) is 2.34. The van der Waals surface area contributed by atoms with Crippen molar-refractivity contribution in [3.8, 4) is 0 Å². The maximum atomic E-state index is 12.5. The number of nitrogens with one attached hydrogen (secondary N) is 1. The lowest BCUT2D eigenvalue weighted by Gasteiger charge is -2.11. The zero-order valence-electron chi connectivity index (χ0n) is 13.3. The van der Waals surface area contributed by atoms with Crippen LogP contribution in [0.2, 0.25) is 0 Å². The van der Waals surface area contributed by atoms with Crippen LogP contribution in [0.1, 0.15) is 21.9 Å². The SMILES string of the molecule is Cc1nc2ccccn2c1C(=O)NCc1ccnc(N(C)C)n1. The van der Waals surface area contributed by atoms with Gasteiger partial charge in [0.05, 0.1) is 17.9 Å². The van der Waals surface area contributed by atoms with Crippen molar-refractivity contribution in [1.29, 1.82) is 0 Å². The molecule has 0 radical (unpaired) electrons. The van der Waals surface area contributed by atoms with Crippen LogP contribution in [0, 0.1) is 6.92 Å². The van der Waals surface area contributed by atoms with E-state index in [-0.39, 0.29) is 5.91 Å². The van der Waals surface area contributed by atoms with E-state index in [2.05, 4.69) is 20.3 Å². The van der Waals surface area contributed by atoms with Crippen LogP contribution in [0.4, 0.5) is 5.95 Å². The van der Waals surface area contributed by atoms with Gasteiger partial charge in [0, 0.05) is 26.5 Å². The first-order valence-corrected chi connectivity index (χ1v) is 7.27. The summed E-state index contributed by atoms with van der Waals surface area (Å²) in [6, 6.07) is 7.43. The highest BCUT2D eigenvalue weighted by Gasteiger charge is 2.16. The Kier molecular flexibility index (Phi) is 3.92. The van der Waals surface area contributed by atoms with E-state index in [1.54, 1.807) is 16.7 Å². The van der Waals surface area contributed by atoms with E-state index in [0.717, 1.165) is 11.3 Å². The van der Waals surface area contributed by atoms with Crippen LogP contribution in [0.5, 0.6) is 0 Å². The van der Waals surface area contributed by atoms with Crippen molar-refractivity contribution in [2.75, 3.05) is 19.0 Å². The smallest absolute Gasteiger partial charge is 0.270 e. The molecule has 0 fully saturated rings. The van der Waals surface area contributed by atoms with Gasteiger partial charge in [0.15, 0.2) is 0 Å². The largest absolute Gasteiger partial charge is 0.347 e. The molecule has 3 heterocycles. The maximum absolute atomic E-state index is 12.5. The second kappa shape index (κ2) is 6.04. The van der Waals surface area contributed by atoms with Crippen LogP contribution >= 0.6 is 0 Å². The minimum absolute atomic E-state index is 0.175. The maximum Gasteiger partial charge on any atom is 0.270 e. The number of hydrogen-bond acceptors (Lipinski definition) is 5. The molecule has 0 atom stereocenters. The van der Waals surface area contributed by atoms with Crippen LogP contribution < -0.4 is 10.2 Å². The molecule has 0 aliphatic rings. The topological polar surface area (TPSA) is 75.4 Å². The quantitative estimate of drug-likeness (QED) is 0.789. The molecule has 0 aliphatic heterocycles. The van der Waals surface area contributed by atoms with Crippen molar-refractivity contribution in [1.82, 2.24) is 24.7 Å². The van der Waals surface area contributed by atoms with E-state index >= 15 is 0 Å². The highest BCUT2D eigenvalue weighted by Crippen LogP contribution is 2.12. The van der Waals surface area contributed by atoms with Crippen molar-refractivity contribution < 1.29 is 4.79 Å². The van der Waals surface area contributed by atoms with Gasteiger partial charge in [-0.05, 0) is 25.1 Å². The fourth-order valence-corrected chi connectivity index (χ4v) is 2.34. The minimum Gasteiger partial charge on any atom is -0.347 e. The Morgan fingerprint density at radius 2 is 2.09 bits per heavy atom. The average molecular weight is 310 g/mol. The van der Waals surface area contributed by atoms with E-state index in [1.807, 2.05) is 50.3 Å². The Balaban J connectivity index is 1.79. The first kappa shape index (κ1) is 15.0. The Morgan fingerprint density at radius 3 is 2.87 bits per heavy atom. The summed E-state index contributed by atoms with van der Waals surface area (Å²) in [5.74, 6) is 0.439. The number of hydrogen-bond donors (Lipinski definition) is 1. The fraction of sp³-hybridized carbons (Fsp3) is 0.250. The van der Waals surface area contributed by atoms with Crippen LogP contribution in [-0.4, -0.2) is 39.4 Å². The number of nitrogens with zero attached hydrogens (tertiary/aromatic N) is 5. The highest BCUT2D eigenvalue weighted by atomic mass is 16.1. The standard InChI is InChI=1S/C16H18N6O/c1-11-14(22-9-5-4-6-13(22)19-11)15(23)18-10-12-7-8-17-16(20-12)21(2)3/h4-9H,10H2,1-3H3,(H,18,23). The number of aromatic nitrogens is 4. The van der Waals surface area contributed by atoms with Crippen LogP contribution in [0.3, 0.4) is 0 Å². The van der Waals surface area contributed by atoms with Gasteiger partial charge in [-0.2, -0.15) is 0 Å². The summed E-state index contributed by atoms with van der Waals surface area (Å²) in [5.41, 5.74) is 2.75. The van der Waals surface area contributed by atoms with Gasteiger partial charge >= 0.3 is 0 Å². The molecule has 7 nitrogen and oxygen atoms in total. The van der Waals surface area contributed by atoms with E-state index < -0.39 is 0 Å². The zero-order valence-corrected chi connectivity index (χ0v) is 13.3. The van der Waals surface area contributed by atoms with Crippen molar-refractivity contribution in [3.63, 3.8) is 0 Å². The van der Waals surface area contributed by atoms with Gasteiger partial charge in [-0.1, -0.05) is 6.07 Å². The Bertz CT molecular complexity index is 855. The molecular weight excluding hydrogens is 292 g/mol. The molecule has 0 unspecified atom stereocenters. The van der Waals surface area contributed by atoms with Crippen molar-refractivity contribution in [2.24, 2.45) is 0 Å². The Labute approximate surface area is 134 Å². The van der Waals surface area contributed by atoms with E-state index in [4.69, 9.17) is 0 Å². The molecule has 0 spiro atoms. The number of pyridine rings is 1. The first-order valence-electron chi connectivity index (χ1n) is 7.27. The molecule has 0 saturated carbocycles. The normalized spacial score (nSPS) is 10.7. The molecule has 0 saturated heterocycles. The molecule has 0 aliphatic carbocycles. The molecule has 0 bridgehead atoms. The summed E-state index contributed by atoms with van der Waals surface area (Å²) < 4.78 is 1.79. The predicted octanol–water partition coefficient (Wildman–Crippen LogP) is 1.43. The average Bonchev–Trinajstić information content (AvgIpc) is 2.88. The molecule has 1 N–H and O–H groups in total. The van der Waals surface area contributed by atoms with Gasteiger partial charge in [-0.25, -0.2) is 15.0 Å². The third kappa shape index (κ3) is 2.98. The minimum atomic E-state index is -0.175. The molecule has 3 rings (SSSR count). The first-order chi connectivity index (χ1) is 11.1. The van der Waals surface area contributed by atoms with E-state index in [9.17, 15) is 4.79 Å². The highest BCUT2D eigenvalue weighted by molar-refractivity contribution is 5.94. The van der Waals surface area contributed by atoms with E-state index in [0.29, 0.717) is 23.9 Å². The molecule has 3 aromatic rings. The number of rotatable bonds is 4. The lowest BCUT2D eigenvalue weighted by molar-refractivity contribution is 0.0944. The van der Waals surface area contributed by atoms with Gasteiger partial charge in [0.1, 0.15) is 11.3 Å². The van der Waals surface area contributed by atoms with Crippen LogP contribution in [0.25, 0.3) is 5.65 Å². The number of aryl methyl sites for hydroxylation is 1. The molecule has 7 heteroatoms. The van der Waals surface area contributed by atoms with Crippen LogP contribution in [-0.2, 0) is 6.54 Å². The molecular formula is C16H18N6O. The van der Waals surface area contributed by atoms with Gasteiger partial charge < -0.3 is 10.2 Å². The summed E-state index contributed by atoms with van der Waals surface area (Å²) in [6.45, 7) is 2.17. The number of carbonyl (C=O) groups excluding carboxylic acids is 1. The van der Waals surface area contributed by atoms with Crippen molar-refractivity contribution in [3.05, 3.63) is 53.7 Å². The molecule has 118 valence electrons. The Hall–Kier alpha value is -2.96. The van der Waals surface area contributed by atoms with E-state index in [1.165, 1.54) is 0 Å². The van der Waals surface area contributed by atoms with Crippen LogP contribution in [0.15, 0.2) is 36.7 Å². The third-order valence-electron chi connectivity index (χ3n) is 3.45. The number of fused-ring (bicyclic) bond motifs is 1. The lowest BCUT2D eigenvalue weighted by Crippen LogP contribution is -2.26. The number of carbonyl (C=O) groups is 1. The second-order valence-electron chi connectivity index (χ2n) is 5.40. The zero-order chi connectivity index (χ0) is 16.4. The summed E-state index contributed by atoms with van der Waals surface area (Å²) >= 11 is 0. The summed E-state index contributed by atoms with van der Waals surface area (Å²) in [6.07, 6.45) is 3.52. The molecule has 3 aromatic heterocycles. The Morgan fingerprint density at radius 1 is 1.26 bits per heavy atom. The third-order valence-corrected chi connectivity index (χ3v) is 3.45. The van der Waals surface area contributed by atoms with Gasteiger partial charge in [-0.3, -0.25) is 9.20 Å². The molecule has 0 aromatic carbocycles. The van der Waals surface area contributed by atoms with Gasteiger partial charge in [-0.15, -0.1) is 0 Å². The summed E-state index contributed by atoms with van der Waals surface area (Å²) in [5, 5.41) is 2.89. The van der Waals surface area contributed by atoms with Gasteiger partial charge in [0.25, 0.3) is 5.91 Å². The molecule has 23 heavy (non-hydrogen) atoms. The number of amides is 1. The second-order valence-corrected chi connectivity index (χ2v) is 5.40. The lowest BCUT2D eigenvalue weighted by atomic mass is 10.3. The van der Waals surface area contributed by atoms with Crippen molar-refractivity contribution >= 4 is 17.5 Å². The monoisotopic (exact) mass is 310 g/mol.